The molecule has 1 aromatic rings. The smallest absolute Gasteiger partial charge is 0.181 e. The van der Waals surface area contributed by atoms with Crippen LogP contribution < -0.4 is 14.8 Å². The van der Waals surface area contributed by atoms with E-state index in [1.165, 1.54) is 0 Å². The highest BCUT2D eigenvalue weighted by Gasteiger charge is 2.26. The number of piperidine rings is 1. The molecular weight excluding hydrogens is 266 g/mol. The van der Waals surface area contributed by atoms with E-state index in [9.17, 15) is 4.79 Å². The summed E-state index contributed by atoms with van der Waals surface area (Å²) in [6.07, 6.45) is 3.06. The van der Waals surface area contributed by atoms with E-state index in [2.05, 4.69) is 5.32 Å². The van der Waals surface area contributed by atoms with Crippen LogP contribution in [-0.4, -0.2) is 31.6 Å². The molecule has 1 fully saturated rings. The van der Waals surface area contributed by atoms with Crippen molar-refractivity contribution >= 4 is 17.4 Å². The molecule has 1 aromatic carbocycles. The van der Waals surface area contributed by atoms with Gasteiger partial charge >= 0.3 is 0 Å². The van der Waals surface area contributed by atoms with E-state index in [0.717, 1.165) is 25.8 Å². The van der Waals surface area contributed by atoms with Crippen LogP contribution in [0.4, 0.5) is 0 Å². The van der Waals surface area contributed by atoms with E-state index in [4.69, 9.17) is 21.1 Å². The zero-order valence-corrected chi connectivity index (χ0v) is 11.3. The SMILES string of the molecule is O=C(c1cc2c(cc1Cl)OCCO2)C1CCCCN1. The summed E-state index contributed by atoms with van der Waals surface area (Å²) < 4.78 is 10.9. The van der Waals surface area contributed by atoms with Gasteiger partial charge < -0.3 is 14.8 Å². The molecule has 5 heteroatoms. The van der Waals surface area contributed by atoms with Gasteiger partial charge in [-0.3, -0.25) is 4.79 Å². The molecule has 19 heavy (non-hydrogen) atoms. The Balaban J connectivity index is 1.89. The molecular formula is C14H16ClNO3. The lowest BCUT2D eigenvalue weighted by atomic mass is 9.96. The predicted molar refractivity (Wildman–Crippen MR) is 72.4 cm³/mol. The number of Topliss-reactive ketones (excluding diaryl/α,β-unsaturated/α-hetero) is 1. The first kappa shape index (κ1) is 12.8. The van der Waals surface area contributed by atoms with Crippen molar-refractivity contribution in [1.29, 1.82) is 0 Å². The molecule has 0 spiro atoms. The summed E-state index contributed by atoms with van der Waals surface area (Å²) in [4.78, 5) is 12.5. The van der Waals surface area contributed by atoms with Gasteiger partial charge in [-0.25, -0.2) is 0 Å². The van der Waals surface area contributed by atoms with Gasteiger partial charge in [-0.05, 0) is 25.5 Å². The summed E-state index contributed by atoms with van der Waals surface area (Å²) >= 11 is 6.19. The van der Waals surface area contributed by atoms with E-state index >= 15 is 0 Å². The van der Waals surface area contributed by atoms with E-state index in [-0.39, 0.29) is 11.8 Å². The third-order valence-corrected chi connectivity index (χ3v) is 3.84. The number of hydrogen-bond acceptors (Lipinski definition) is 4. The van der Waals surface area contributed by atoms with Crippen LogP contribution >= 0.6 is 11.6 Å². The lowest BCUT2D eigenvalue weighted by molar-refractivity contribution is 0.0926. The van der Waals surface area contributed by atoms with Crippen LogP contribution in [0.5, 0.6) is 11.5 Å². The van der Waals surface area contributed by atoms with E-state index in [1.54, 1.807) is 12.1 Å². The standard InChI is InChI=1S/C14H16ClNO3/c15-10-8-13-12(18-5-6-19-13)7-9(10)14(17)11-3-1-2-4-16-11/h7-8,11,16H,1-6H2. The van der Waals surface area contributed by atoms with Crippen molar-refractivity contribution in [2.45, 2.75) is 25.3 Å². The number of ether oxygens (including phenoxy) is 2. The van der Waals surface area contributed by atoms with Gasteiger partial charge in [0.05, 0.1) is 11.1 Å². The summed E-state index contributed by atoms with van der Waals surface area (Å²) in [6.45, 7) is 1.91. The molecule has 0 aromatic heterocycles. The second kappa shape index (κ2) is 5.39. The molecule has 0 radical (unpaired) electrons. The zero-order valence-electron chi connectivity index (χ0n) is 10.6. The second-order valence-electron chi connectivity index (χ2n) is 4.84. The fourth-order valence-electron chi connectivity index (χ4n) is 2.52. The number of nitrogens with one attached hydrogen (secondary N) is 1. The van der Waals surface area contributed by atoms with Crippen molar-refractivity contribution in [3.63, 3.8) is 0 Å². The molecule has 1 N–H and O–H groups in total. The van der Waals surface area contributed by atoms with Gasteiger partial charge in [-0.15, -0.1) is 0 Å². The molecule has 1 saturated heterocycles. The second-order valence-corrected chi connectivity index (χ2v) is 5.25. The van der Waals surface area contributed by atoms with Crippen molar-refractivity contribution in [3.05, 3.63) is 22.7 Å². The largest absolute Gasteiger partial charge is 0.486 e. The molecule has 0 bridgehead atoms. The van der Waals surface area contributed by atoms with Gasteiger partial charge in [0.25, 0.3) is 0 Å². The number of halogens is 1. The Morgan fingerprint density at radius 1 is 1.21 bits per heavy atom. The topological polar surface area (TPSA) is 47.6 Å². The van der Waals surface area contributed by atoms with E-state index < -0.39 is 0 Å². The third-order valence-electron chi connectivity index (χ3n) is 3.52. The van der Waals surface area contributed by atoms with Gasteiger partial charge in [-0.2, -0.15) is 0 Å². The van der Waals surface area contributed by atoms with Crippen molar-refractivity contribution in [2.75, 3.05) is 19.8 Å². The van der Waals surface area contributed by atoms with E-state index in [0.29, 0.717) is 35.3 Å². The average molecular weight is 282 g/mol. The molecule has 0 saturated carbocycles. The molecule has 1 atom stereocenters. The Morgan fingerprint density at radius 3 is 2.63 bits per heavy atom. The number of fused-ring (bicyclic) bond motifs is 1. The number of rotatable bonds is 2. The van der Waals surface area contributed by atoms with Crippen LogP contribution in [0.3, 0.4) is 0 Å². The van der Waals surface area contributed by atoms with Gasteiger partial charge in [-0.1, -0.05) is 18.0 Å². The number of hydrogen-bond donors (Lipinski definition) is 1. The van der Waals surface area contributed by atoms with Crippen LogP contribution in [0.2, 0.25) is 5.02 Å². The maximum atomic E-state index is 12.5. The molecule has 3 rings (SSSR count). The van der Waals surface area contributed by atoms with Gasteiger partial charge in [0.15, 0.2) is 17.3 Å². The summed E-state index contributed by atoms with van der Waals surface area (Å²) in [6, 6.07) is 3.25. The lowest BCUT2D eigenvalue weighted by Crippen LogP contribution is -2.40. The Labute approximate surface area is 117 Å². The van der Waals surface area contributed by atoms with Crippen LogP contribution in [0.15, 0.2) is 12.1 Å². The first-order valence-corrected chi connectivity index (χ1v) is 7.00. The van der Waals surface area contributed by atoms with Gasteiger partial charge in [0.2, 0.25) is 0 Å². The molecule has 2 heterocycles. The number of carbonyl (C=O) groups excluding carboxylic acids is 1. The minimum absolute atomic E-state index is 0.0432. The van der Waals surface area contributed by atoms with E-state index in [1.807, 2.05) is 0 Å². The lowest BCUT2D eigenvalue weighted by Gasteiger charge is -2.24. The maximum absolute atomic E-state index is 12.5. The molecule has 0 amide bonds. The van der Waals surface area contributed by atoms with Crippen LogP contribution in [0.25, 0.3) is 0 Å². The van der Waals surface area contributed by atoms with Crippen LogP contribution in [0, 0.1) is 0 Å². The Bertz CT molecular complexity index is 498. The fraction of sp³-hybridized carbons (Fsp3) is 0.500. The minimum atomic E-state index is -0.131. The highest BCUT2D eigenvalue weighted by Crippen LogP contribution is 2.36. The summed E-state index contributed by atoms with van der Waals surface area (Å²) in [7, 11) is 0. The third kappa shape index (κ3) is 2.55. The summed E-state index contributed by atoms with van der Waals surface area (Å²) in [5, 5.41) is 3.68. The van der Waals surface area contributed by atoms with Gasteiger partial charge in [0.1, 0.15) is 13.2 Å². The molecule has 2 aliphatic rings. The molecule has 102 valence electrons. The predicted octanol–water partition coefficient (Wildman–Crippen LogP) is 2.44. The Hall–Kier alpha value is -1.26. The molecule has 4 nitrogen and oxygen atoms in total. The monoisotopic (exact) mass is 281 g/mol. The average Bonchev–Trinajstić information content (AvgIpc) is 2.47. The van der Waals surface area contributed by atoms with Crippen molar-refractivity contribution < 1.29 is 14.3 Å². The summed E-state index contributed by atoms with van der Waals surface area (Å²) in [5.74, 6) is 1.26. The number of ketones is 1. The van der Waals surface area contributed by atoms with Crippen LogP contribution in [-0.2, 0) is 0 Å². The molecule has 1 unspecified atom stereocenters. The first-order chi connectivity index (χ1) is 9.25. The van der Waals surface area contributed by atoms with Crippen molar-refractivity contribution in [2.24, 2.45) is 0 Å². The minimum Gasteiger partial charge on any atom is -0.486 e. The summed E-state index contributed by atoms with van der Waals surface area (Å²) in [5.41, 5.74) is 0.519. The van der Waals surface area contributed by atoms with Gasteiger partial charge in [0, 0.05) is 11.6 Å². The maximum Gasteiger partial charge on any atom is 0.181 e. The first-order valence-electron chi connectivity index (χ1n) is 6.62. The Morgan fingerprint density at radius 2 is 1.95 bits per heavy atom. The molecule has 2 aliphatic heterocycles. The number of benzene rings is 1. The van der Waals surface area contributed by atoms with Crippen molar-refractivity contribution in [1.82, 2.24) is 5.32 Å². The highest BCUT2D eigenvalue weighted by molar-refractivity contribution is 6.34. The van der Waals surface area contributed by atoms with Crippen molar-refractivity contribution in [3.8, 4) is 11.5 Å². The highest BCUT2D eigenvalue weighted by atomic mass is 35.5. The zero-order chi connectivity index (χ0) is 13.2. The quantitative estimate of drug-likeness (QED) is 0.846. The normalized spacial score (nSPS) is 22.1. The fourth-order valence-corrected chi connectivity index (χ4v) is 2.76. The Kier molecular flexibility index (Phi) is 3.62. The number of carbonyl (C=O) groups is 1. The molecule has 0 aliphatic carbocycles. The van der Waals surface area contributed by atoms with Crippen LogP contribution in [0.1, 0.15) is 29.6 Å².